The Morgan fingerprint density at radius 3 is 2.34 bits per heavy atom. The third kappa shape index (κ3) is 6.53. The number of rotatable bonds is 7. The number of halogens is 2. The van der Waals surface area contributed by atoms with Crippen LogP contribution in [-0.4, -0.2) is 35.9 Å². The summed E-state index contributed by atoms with van der Waals surface area (Å²) in [6.07, 6.45) is 0. The van der Waals surface area contributed by atoms with Crippen LogP contribution >= 0.6 is 0 Å². The van der Waals surface area contributed by atoms with Gasteiger partial charge in [0.25, 0.3) is 17.5 Å². The van der Waals surface area contributed by atoms with Crippen LogP contribution in [0.4, 0.5) is 14.5 Å². The highest BCUT2D eigenvalue weighted by Gasteiger charge is 2.14. The Hall–Kier alpha value is -4.09. The zero-order valence-corrected chi connectivity index (χ0v) is 14.5. The summed E-state index contributed by atoms with van der Waals surface area (Å²) in [4.78, 5) is 45.3. The van der Waals surface area contributed by atoms with Crippen LogP contribution in [0.3, 0.4) is 0 Å². The molecule has 2 aromatic rings. The second-order valence-corrected chi connectivity index (χ2v) is 5.29. The molecule has 152 valence electrons. The lowest BCUT2D eigenvalue weighted by Gasteiger charge is -2.09. The normalized spacial score (nSPS) is 10.2. The number of carbonyl (C=O) groups is 3. The molecule has 0 aromatic heterocycles. The summed E-state index contributed by atoms with van der Waals surface area (Å²) in [7, 11) is 0. The SMILES string of the molecule is O=C(COC(=O)c1cccc(OC(F)F)c1)NNC(=O)c1ccc([N+](=O)[O-])cc1. The smallest absolute Gasteiger partial charge is 0.387 e. The summed E-state index contributed by atoms with van der Waals surface area (Å²) >= 11 is 0. The zero-order chi connectivity index (χ0) is 21.4. The maximum atomic E-state index is 12.2. The summed E-state index contributed by atoms with van der Waals surface area (Å²) < 4.78 is 33.2. The fraction of sp³-hybridized carbons (Fsp3) is 0.118. The number of alkyl halides is 2. The number of carbonyl (C=O) groups excluding carboxylic acids is 3. The number of hydrogen-bond donors (Lipinski definition) is 2. The molecule has 0 saturated carbocycles. The highest BCUT2D eigenvalue weighted by atomic mass is 19.3. The molecule has 0 spiro atoms. The molecule has 0 saturated heterocycles. The van der Waals surface area contributed by atoms with Crippen molar-refractivity contribution in [1.82, 2.24) is 10.9 Å². The van der Waals surface area contributed by atoms with Gasteiger partial charge in [-0.3, -0.25) is 30.6 Å². The van der Waals surface area contributed by atoms with Crippen LogP contribution in [-0.2, 0) is 9.53 Å². The van der Waals surface area contributed by atoms with Gasteiger partial charge >= 0.3 is 12.6 Å². The molecule has 0 atom stereocenters. The van der Waals surface area contributed by atoms with Gasteiger partial charge in [-0.15, -0.1) is 0 Å². The second-order valence-electron chi connectivity index (χ2n) is 5.29. The van der Waals surface area contributed by atoms with Crippen molar-refractivity contribution in [2.24, 2.45) is 0 Å². The number of nitrogens with zero attached hydrogens (tertiary/aromatic N) is 1. The predicted molar refractivity (Wildman–Crippen MR) is 92.1 cm³/mol. The van der Waals surface area contributed by atoms with E-state index in [1.54, 1.807) is 0 Å². The van der Waals surface area contributed by atoms with Crippen molar-refractivity contribution in [3.8, 4) is 5.75 Å². The van der Waals surface area contributed by atoms with Gasteiger partial charge in [0.15, 0.2) is 6.61 Å². The number of nitrogens with one attached hydrogen (secondary N) is 2. The first-order chi connectivity index (χ1) is 13.8. The van der Waals surface area contributed by atoms with E-state index in [2.05, 4.69) is 4.74 Å². The van der Waals surface area contributed by atoms with E-state index in [4.69, 9.17) is 4.74 Å². The van der Waals surface area contributed by atoms with Crippen molar-refractivity contribution in [3.63, 3.8) is 0 Å². The number of amides is 2. The first-order valence-corrected chi connectivity index (χ1v) is 7.82. The van der Waals surface area contributed by atoms with Crippen molar-refractivity contribution in [2.75, 3.05) is 6.61 Å². The molecule has 12 heteroatoms. The lowest BCUT2D eigenvalue weighted by molar-refractivity contribution is -0.384. The molecule has 0 unspecified atom stereocenters. The lowest BCUT2D eigenvalue weighted by Crippen LogP contribution is -2.43. The van der Waals surface area contributed by atoms with Crippen molar-refractivity contribution in [3.05, 3.63) is 69.8 Å². The molecule has 0 aliphatic carbocycles. The van der Waals surface area contributed by atoms with Crippen LogP contribution in [0.25, 0.3) is 0 Å². The first-order valence-electron chi connectivity index (χ1n) is 7.82. The molecule has 0 aliphatic heterocycles. The second kappa shape index (κ2) is 9.73. The molecule has 2 N–H and O–H groups in total. The van der Waals surface area contributed by atoms with Gasteiger partial charge in [-0.1, -0.05) is 6.07 Å². The van der Waals surface area contributed by atoms with Crippen LogP contribution in [0.5, 0.6) is 5.75 Å². The molecule has 0 radical (unpaired) electrons. The summed E-state index contributed by atoms with van der Waals surface area (Å²) in [5.74, 6) is -2.86. The van der Waals surface area contributed by atoms with Crippen molar-refractivity contribution in [2.45, 2.75) is 6.61 Å². The van der Waals surface area contributed by atoms with Gasteiger partial charge in [-0.25, -0.2) is 4.79 Å². The molecule has 10 nitrogen and oxygen atoms in total. The Balaban J connectivity index is 1.81. The summed E-state index contributed by atoms with van der Waals surface area (Å²) in [5.41, 5.74) is 3.75. The van der Waals surface area contributed by atoms with Crippen LogP contribution in [0.1, 0.15) is 20.7 Å². The first kappa shape index (κ1) is 21.2. The van der Waals surface area contributed by atoms with Crippen LogP contribution in [0.2, 0.25) is 0 Å². The Morgan fingerprint density at radius 2 is 1.72 bits per heavy atom. The minimum atomic E-state index is -3.06. The summed E-state index contributed by atoms with van der Waals surface area (Å²) in [6, 6.07) is 9.40. The minimum absolute atomic E-state index is 0.0451. The van der Waals surface area contributed by atoms with Gasteiger partial charge in [0.2, 0.25) is 0 Å². The van der Waals surface area contributed by atoms with Crippen LogP contribution in [0, 0.1) is 10.1 Å². The third-order valence-corrected chi connectivity index (χ3v) is 3.29. The average molecular weight is 409 g/mol. The molecule has 0 bridgehead atoms. The highest BCUT2D eigenvalue weighted by molar-refractivity contribution is 5.96. The van der Waals surface area contributed by atoms with Gasteiger partial charge in [-0.2, -0.15) is 8.78 Å². The topological polar surface area (TPSA) is 137 Å². The zero-order valence-electron chi connectivity index (χ0n) is 14.5. The molecule has 0 aliphatic rings. The van der Waals surface area contributed by atoms with Gasteiger partial charge in [0, 0.05) is 17.7 Å². The quantitative estimate of drug-likeness (QED) is 0.404. The molecule has 0 heterocycles. The molecule has 0 fully saturated rings. The van der Waals surface area contributed by atoms with Gasteiger partial charge in [0.1, 0.15) is 5.75 Å². The van der Waals surface area contributed by atoms with E-state index in [0.717, 1.165) is 18.2 Å². The van der Waals surface area contributed by atoms with Gasteiger partial charge < -0.3 is 9.47 Å². The molecular weight excluding hydrogens is 396 g/mol. The fourth-order valence-corrected chi connectivity index (χ4v) is 1.98. The number of hydrazine groups is 1. The highest BCUT2D eigenvalue weighted by Crippen LogP contribution is 2.16. The molecule has 29 heavy (non-hydrogen) atoms. The van der Waals surface area contributed by atoms with E-state index < -0.39 is 35.9 Å². The lowest BCUT2D eigenvalue weighted by atomic mass is 10.2. The molecule has 2 aromatic carbocycles. The Kier molecular flexibility index (Phi) is 7.12. The predicted octanol–water partition coefficient (Wildman–Crippen LogP) is 1.81. The monoisotopic (exact) mass is 409 g/mol. The van der Waals surface area contributed by atoms with E-state index in [-0.39, 0.29) is 22.6 Å². The molecular formula is C17H13F2N3O7. The number of nitro groups is 1. The van der Waals surface area contributed by atoms with E-state index in [0.29, 0.717) is 0 Å². The number of nitro benzene ring substituents is 1. The maximum Gasteiger partial charge on any atom is 0.387 e. The van der Waals surface area contributed by atoms with Crippen LogP contribution in [0.15, 0.2) is 48.5 Å². The third-order valence-electron chi connectivity index (χ3n) is 3.29. The molecule has 2 amide bonds. The Labute approximate surface area is 161 Å². The minimum Gasteiger partial charge on any atom is -0.452 e. The average Bonchev–Trinajstić information content (AvgIpc) is 2.70. The van der Waals surface area contributed by atoms with E-state index in [1.165, 1.54) is 30.3 Å². The number of non-ortho nitro benzene ring substituents is 1. The Bertz CT molecular complexity index is 919. The Morgan fingerprint density at radius 1 is 1.03 bits per heavy atom. The number of benzene rings is 2. The van der Waals surface area contributed by atoms with Gasteiger partial charge in [0.05, 0.1) is 10.5 Å². The largest absolute Gasteiger partial charge is 0.452 e. The summed E-state index contributed by atoms with van der Waals surface area (Å²) in [5, 5.41) is 10.6. The number of ether oxygens (including phenoxy) is 2. The van der Waals surface area contributed by atoms with E-state index in [1.807, 2.05) is 10.9 Å². The van der Waals surface area contributed by atoms with Crippen LogP contribution < -0.4 is 15.6 Å². The van der Waals surface area contributed by atoms with E-state index in [9.17, 15) is 33.3 Å². The molecule has 2 rings (SSSR count). The standard InChI is InChI=1S/C17H13F2N3O7/c18-17(19)29-13-3-1-2-11(8-13)16(25)28-9-14(23)20-21-15(24)10-4-6-12(7-5-10)22(26)27/h1-8,17H,9H2,(H,20,23)(H,21,24). The van der Waals surface area contributed by atoms with Crippen molar-refractivity contribution < 1.29 is 37.6 Å². The fourth-order valence-electron chi connectivity index (χ4n) is 1.98. The number of esters is 1. The summed E-state index contributed by atoms with van der Waals surface area (Å²) in [6.45, 7) is -3.83. The van der Waals surface area contributed by atoms with Crippen molar-refractivity contribution >= 4 is 23.5 Å². The van der Waals surface area contributed by atoms with E-state index >= 15 is 0 Å². The number of hydrogen-bond acceptors (Lipinski definition) is 7. The maximum absolute atomic E-state index is 12.2. The van der Waals surface area contributed by atoms with Gasteiger partial charge in [-0.05, 0) is 30.3 Å². The van der Waals surface area contributed by atoms with Crippen molar-refractivity contribution in [1.29, 1.82) is 0 Å².